The Morgan fingerprint density at radius 2 is 2.00 bits per heavy atom. The smallest absolute Gasteiger partial charge is 0.126 e. The number of nitrogens with zero attached hydrogens (tertiary/aromatic N) is 1. The zero-order valence-electron chi connectivity index (χ0n) is 19.4. The highest BCUT2D eigenvalue weighted by Crippen LogP contribution is 2.47. The summed E-state index contributed by atoms with van der Waals surface area (Å²) in [6.45, 7) is 6.17. The minimum absolute atomic E-state index is 0.225. The zero-order chi connectivity index (χ0) is 23.8. The number of aromatic nitrogens is 1. The Labute approximate surface area is 204 Å². The Morgan fingerprint density at radius 3 is 2.64 bits per heavy atom. The molecule has 1 heterocycles. The Kier molecular flexibility index (Phi) is 6.81. The van der Waals surface area contributed by atoms with Gasteiger partial charge in [0, 0.05) is 10.4 Å². The van der Waals surface area contributed by atoms with Crippen molar-refractivity contribution in [2.75, 3.05) is 13.7 Å². The quantitative estimate of drug-likeness (QED) is 0.358. The lowest BCUT2D eigenvalue weighted by molar-refractivity contribution is 0.367. The Balaban J connectivity index is 1.89. The van der Waals surface area contributed by atoms with Gasteiger partial charge in [0.1, 0.15) is 16.6 Å². The highest BCUT2D eigenvalue weighted by Gasteiger charge is 2.42. The molecular weight excluding hydrogens is 455 g/mol. The SMILES string of the molecule is C#CCN[C@@](CC1CC1)(c1ccc(C)c(F)c1)c1nc(-c2cc(C)c(OC)cc2Cl)c(C)s1. The summed E-state index contributed by atoms with van der Waals surface area (Å²) < 4.78 is 20.1. The minimum Gasteiger partial charge on any atom is -0.496 e. The molecule has 1 N–H and O–H groups in total. The third-order valence-electron chi connectivity index (χ3n) is 6.35. The molecule has 1 fully saturated rings. The average Bonchev–Trinajstić information content (AvgIpc) is 3.53. The predicted molar refractivity (Wildman–Crippen MR) is 135 cm³/mol. The van der Waals surface area contributed by atoms with Crippen LogP contribution < -0.4 is 10.1 Å². The summed E-state index contributed by atoms with van der Waals surface area (Å²) in [5, 5.41) is 5.03. The van der Waals surface area contributed by atoms with Crippen molar-refractivity contribution in [2.24, 2.45) is 5.92 Å². The van der Waals surface area contributed by atoms with Crippen molar-refractivity contribution in [3.05, 3.63) is 67.7 Å². The number of rotatable bonds is 8. The number of halogens is 2. The first-order valence-corrected chi connectivity index (χ1v) is 12.3. The van der Waals surface area contributed by atoms with Crippen molar-refractivity contribution in [2.45, 2.75) is 45.6 Å². The molecule has 1 aliphatic carbocycles. The summed E-state index contributed by atoms with van der Waals surface area (Å²) in [6.07, 6.45) is 8.79. The van der Waals surface area contributed by atoms with Crippen molar-refractivity contribution in [3.8, 4) is 29.4 Å². The maximum atomic E-state index is 14.7. The lowest BCUT2D eigenvalue weighted by atomic mass is 9.84. The van der Waals surface area contributed by atoms with E-state index in [0.29, 0.717) is 23.0 Å². The largest absolute Gasteiger partial charge is 0.496 e. The van der Waals surface area contributed by atoms with Crippen LogP contribution in [-0.2, 0) is 5.54 Å². The topological polar surface area (TPSA) is 34.2 Å². The molecule has 0 unspecified atom stereocenters. The first-order chi connectivity index (χ1) is 15.8. The monoisotopic (exact) mass is 482 g/mol. The molecule has 1 saturated carbocycles. The molecule has 1 aromatic heterocycles. The molecule has 0 spiro atoms. The molecule has 33 heavy (non-hydrogen) atoms. The molecule has 2 aromatic carbocycles. The Hall–Kier alpha value is -2.39. The normalized spacial score (nSPS) is 15.2. The molecule has 0 amide bonds. The molecule has 172 valence electrons. The fraction of sp³-hybridized carbons (Fsp3) is 0.370. The van der Waals surface area contributed by atoms with Crippen molar-refractivity contribution in [1.29, 1.82) is 0 Å². The van der Waals surface area contributed by atoms with E-state index in [1.54, 1.807) is 31.4 Å². The van der Waals surface area contributed by atoms with Crippen LogP contribution in [-0.4, -0.2) is 18.6 Å². The number of methoxy groups -OCH3 is 1. The van der Waals surface area contributed by atoms with Crippen LogP contribution in [0.4, 0.5) is 4.39 Å². The van der Waals surface area contributed by atoms with E-state index >= 15 is 0 Å². The van der Waals surface area contributed by atoms with Gasteiger partial charge in [-0.25, -0.2) is 9.37 Å². The third-order valence-corrected chi connectivity index (χ3v) is 7.80. The van der Waals surface area contributed by atoms with Gasteiger partial charge >= 0.3 is 0 Å². The first-order valence-electron chi connectivity index (χ1n) is 11.1. The van der Waals surface area contributed by atoms with Gasteiger partial charge in [-0.2, -0.15) is 0 Å². The molecule has 1 atom stereocenters. The molecule has 0 saturated heterocycles. The number of nitrogens with one attached hydrogen (secondary N) is 1. The number of hydrogen-bond donors (Lipinski definition) is 1. The average molecular weight is 483 g/mol. The number of thiazole rings is 1. The molecule has 6 heteroatoms. The summed E-state index contributed by atoms with van der Waals surface area (Å²) in [5.41, 5.74) is 3.49. The van der Waals surface area contributed by atoms with Crippen LogP contribution in [0.5, 0.6) is 5.75 Å². The molecule has 3 aromatic rings. The Morgan fingerprint density at radius 1 is 1.24 bits per heavy atom. The molecule has 0 aliphatic heterocycles. The molecule has 4 rings (SSSR count). The van der Waals surface area contributed by atoms with Gasteiger partial charge in [-0.1, -0.05) is 42.5 Å². The van der Waals surface area contributed by atoms with Crippen LogP contribution in [0, 0.1) is 44.9 Å². The second-order valence-electron chi connectivity index (χ2n) is 8.80. The van der Waals surface area contributed by atoms with Gasteiger partial charge in [0.25, 0.3) is 0 Å². The van der Waals surface area contributed by atoms with E-state index in [9.17, 15) is 4.39 Å². The minimum atomic E-state index is -0.663. The summed E-state index contributed by atoms with van der Waals surface area (Å²) in [6, 6.07) is 9.28. The maximum absolute atomic E-state index is 14.7. The van der Waals surface area contributed by atoms with Crippen LogP contribution in [0.3, 0.4) is 0 Å². The fourth-order valence-corrected chi connectivity index (χ4v) is 5.66. The van der Waals surface area contributed by atoms with Crippen LogP contribution in [0.2, 0.25) is 5.02 Å². The van der Waals surface area contributed by atoms with Crippen LogP contribution in [0.15, 0.2) is 30.3 Å². The van der Waals surface area contributed by atoms with Gasteiger partial charge in [0.05, 0.1) is 29.9 Å². The lowest BCUT2D eigenvalue weighted by Crippen LogP contribution is -2.44. The first kappa shape index (κ1) is 23.8. The number of hydrogen-bond acceptors (Lipinski definition) is 4. The second-order valence-corrected chi connectivity index (χ2v) is 10.4. The second kappa shape index (κ2) is 9.46. The highest BCUT2D eigenvalue weighted by molar-refractivity contribution is 7.12. The van der Waals surface area contributed by atoms with Gasteiger partial charge in [0.2, 0.25) is 0 Å². The van der Waals surface area contributed by atoms with E-state index in [1.165, 1.54) is 0 Å². The fourth-order valence-electron chi connectivity index (χ4n) is 4.29. The van der Waals surface area contributed by atoms with Crippen molar-refractivity contribution in [1.82, 2.24) is 10.3 Å². The van der Waals surface area contributed by atoms with Crippen molar-refractivity contribution >= 4 is 22.9 Å². The molecule has 3 nitrogen and oxygen atoms in total. The third kappa shape index (κ3) is 4.66. The summed E-state index contributed by atoms with van der Waals surface area (Å²) >= 11 is 8.25. The molecular formula is C27H28ClFN2OS. The molecule has 1 aliphatic rings. The number of benzene rings is 2. The van der Waals surface area contributed by atoms with E-state index < -0.39 is 5.54 Å². The number of terminal acetylenes is 1. The van der Waals surface area contributed by atoms with Crippen LogP contribution >= 0.6 is 22.9 Å². The predicted octanol–water partition coefficient (Wildman–Crippen LogP) is 6.80. The maximum Gasteiger partial charge on any atom is 0.126 e. The van der Waals surface area contributed by atoms with E-state index in [2.05, 4.69) is 11.2 Å². The van der Waals surface area contributed by atoms with Crippen LogP contribution in [0.25, 0.3) is 11.3 Å². The van der Waals surface area contributed by atoms with Gasteiger partial charge in [-0.05, 0) is 68.0 Å². The number of ether oxygens (including phenoxy) is 1. The van der Waals surface area contributed by atoms with E-state index in [4.69, 9.17) is 27.7 Å². The van der Waals surface area contributed by atoms with Crippen LogP contribution in [0.1, 0.15) is 45.8 Å². The summed E-state index contributed by atoms with van der Waals surface area (Å²) in [4.78, 5) is 6.16. The van der Waals surface area contributed by atoms with Crippen molar-refractivity contribution in [3.63, 3.8) is 0 Å². The highest BCUT2D eigenvalue weighted by atomic mass is 35.5. The van der Waals surface area contributed by atoms with Gasteiger partial charge in [0.15, 0.2) is 0 Å². The Bertz CT molecular complexity index is 1230. The van der Waals surface area contributed by atoms with Gasteiger partial charge in [-0.15, -0.1) is 17.8 Å². The number of aryl methyl sites for hydroxylation is 3. The van der Waals surface area contributed by atoms with E-state index in [1.807, 2.05) is 38.1 Å². The summed E-state index contributed by atoms with van der Waals surface area (Å²) in [7, 11) is 1.63. The lowest BCUT2D eigenvalue weighted by Gasteiger charge is -2.34. The standard InChI is InChI=1S/C27H28ClFN2OS/c1-6-11-30-27(15-19-8-9-19,20-10-7-16(2)23(29)13-20)26-31-25(18(4)33-26)21-12-17(3)24(32-5)14-22(21)28/h1,7,10,12-14,19,30H,8-9,11,15H2,2-5H3/t27-/m0/s1. The zero-order valence-corrected chi connectivity index (χ0v) is 21.0. The van der Waals surface area contributed by atoms with E-state index in [0.717, 1.165) is 57.3 Å². The molecule has 0 bridgehead atoms. The molecule has 0 radical (unpaired) electrons. The van der Waals surface area contributed by atoms with E-state index in [-0.39, 0.29) is 5.82 Å². The van der Waals surface area contributed by atoms with Gasteiger partial charge < -0.3 is 4.74 Å². The summed E-state index contributed by atoms with van der Waals surface area (Å²) in [5.74, 6) is 3.77. The van der Waals surface area contributed by atoms with Crippen molar-refractivity contribution < 1.29 is 9.13 Å². The van der Waals surface area contributed by atoms with Gasteiger partial charge in [-0.3, -0.25) is 5.32 Å².